The van der Waals surface area contributed by atoms with E-state index in [-0.39, 0.29) is 5.91 Å². The third-order valence-corrected chi connectivity index (χ3v) is 6.15. The van der Waals surface area contributed by atoms with Crippen LogP contribution in [0.3, 0.4) is 0 Å². The van der Waals surface area contributed by atoms with E-state index in [1.165, 1.54) is 22.3 Å². The number of amides is 1. The lowest BCUT2D eigenvalue weighted by atomic mass is 10.00. The molecule has 0 saturated carbocycles. The second-order valence-corrected chi connectivity index (χ2v) is 8.10. The maximum absolute atomic E-state index is 11.6. The fraction of sp³-hybridized carbons (Fsp3) is 0.417. The van der Waals surface area contributed by atoms with Crippen LogP contribution in [0.15, 0.2) is 41.4 Å². The minimum Gasteiger partial charge on any atom is -0.354 e. The van der Waals surface area contributed by atoms with Gasteiger partial charge in [-0.2, -0.15) is 0 Å². The second-order valence-electron chi connectivity index (χ2n) is 8.10. The van der Waals surface area contributed by atoms with Crippen molar-refractivity contribution in [3.05, 3.63) is 64.2 Å². The molecule has 5 heteroatoms. The second kappa shape index (κ2) is 8.37. The fourth-order valence-corrected chi connectivity index (χ4v) is 4.42. The van der Waals surface area contributed by atoms with Gasteiger partial charge in [-0.3, -0.25) is 14.7 Å². The van der Waals surface area contributed by atoms with Gasteiger partial charge in [-0.25, -0.2) is 0 Å². The van der Waals surface area contributed by atoms with Crippen LogP contribution in [-0.4, -0.2) is 61.3 Å². The SMILES string of the molecule is CN=C(c1ccccc1C)N1CCN(CCc2cc3c(cc2C)NC(=O)C3)CC1. The summed E-state index contributed by atoms with van der Waals surface area (Å²) in [4.78, 5) is 21.2. The highest BCUT2D eigenvalue weighted by Gasteiger charge is 2.22. The van der Waals surface area contributed by atoms with Crippen LogP contribution in [0.25, 0.3) is 0 Å². The molecule has 0 bridgehead atoms. The van der Waals surface area contributed by atoms with Gasteiger partial charge < -0.3 is 10.2 Å². The first-order chi connectivity index (χ1) is 14.0. The highest BCUT2D eigenvalue weighted by molar-refractivity contribution is 6.00. The third kappa shape index (κ3) is 4.20. The Hall–Kier alpha value is -2.66. The van der Waals surface area contributed by atoms with E-state index in [0.29, 0.717) is 6.42 Å². The standard InChI is InChI=1S/C24H30N4O/c1-17-6-4-5-7-21(17)24(25-3)28-12-10-27(11-13-28)9-8-19-15-20-16-23(29)26-22(20)14-18(19)2/h4-7,14-15H,8-13,16H2,1-3H3,(H,26,29). The maximum atomic E-state index is 11.6. The molecular weight excluding hydrogens is 360 g/mol. The van der Waals surface area contributed by atoms with E-state index in [9.17, 15) is 4.79 Å². The van der Waals surface area contributed by atoms with Crippen LogP contribution in [0.1, 0.15) is 27.8 Å². The zero-order chi connectivity index (χ0) is 20.4. The van der Waals surface area contributed by atoms with Gasteiger partial charge >= 0.3 is 0 Å². The normalized spacial score (nSPS) is 17.4. The molecule has 1 saturated heterocycles. The van der Waals surface area contributed by atoms with Crippen molar-refractivity contribution in [2.45, 2.75) is 26.7 Å². The molecule has 0 atom stereocenters. The van der Waals surface area contributed by atoms with Gasteiger partial charge in [0, 0.05) is 51.0 Å². The molecule has 152 valence electrons. The van der Waals surface area contributed by atoms with Gasteiger partial charge in [0.05, 0.1) is 6.42 Å². The summed E-state index contributed by atoms with van der Waals surface area (Å²) in [7, 11) is 1.89. The molecule has 0 unspecified atom stereocenters. The Labute approximate surface area is 173 Å². The monoisotopic (exact) mass is 390 g/mol. The quantitative estimate of drug-likeness (QED) is 0.645. The average molecular weight is 391 g/mol. The maximum Gasteiger partial charge on any atom is 0.228 e. The Morgan fingerprint density at radius 1 is 1.07 bits per heavy atom. The van der Waals surface area contributed by atoms with Gasteiger partial charge in [-0.05, 0) is 48.6 Å². The number of benzene rings is 2. The minimum absolute atomic E-state index is 0.106. The predicted octanol–water partition coefficient (Wildman–Crippen LogP) is 3.03. The molecule has 2 heterocycles. The summed E-state index contributed by atoms with van der Waals surface area (Å²) in [6.45, 7) is 9.45. The molecule has 0 aromatic heterocycles. The van der Waals surface area contributed by atoms with Crippen molar-refractivity contribution in [1.82, 2.24) is 9.80 Å². The summed E-state index contributed by atoms with van der Waals surface area (Å²) in [5.74, 6) is 1.21. The first kappa shape index (κ1) is 19.6. The number of nitrogens with zero attached hydrogens (tertiary/aromatic N) is 3. The van der Waals surface area contributed by atoms with Crippen molar-refractivity contribution < 1.29 is 4.79 Å². The Morgan fingerprint density at radius 2 is 1.83 bits per heavy atom. The van der Waals surface area contributed by atoms with E-state index in [4.69, 9.17) is 0 Å². The molecular formula is C24H30N4O. The smallest absolute Gasteiger partial charge is 0.228 e. The van der Waals surface area contributed by atoms with Crippen molar-refractivity contribution in [2.24, 2.45) is 4.99 Å². The Balaban J connectivity index is 1.34. The lowest BCUT2D eigenvalue weighted by molar-refractivity contribution is -0.115. The number of carbonyl (C=O) groups excluding carboxylic acids is 1. The van der Waals surface area contributed by atoms with Gasteiger partial charge in [-0.15, -0.1) is 0 Å². The Morgan fingerprint density at radius 3 is 2.55 bits per heavy atom. The largest absolute Gasteiger partial charge is 0.354 e. The van der Waals surface area contributed by atoms with Crippen LogP contribution in [0.5, 0.6) is 0 Å². The molecule has 2 aliphatic rings. The van der Waals surface area contributed by atoms with Gasteiger partial charge in [0.15, 0.2) is 0 Å². The van der Waals surface area contributed by atoms with Crippen molar-refractivity contribution in [2.75, 3.05) is 45.1 Å². The first-order valence-corrected chi connectivity index (χ1v) is 10.5. The number of piperazine rings is 1. The summed E-state index contributed by atoms with van der Waals surface area (Å²) in [5, 5.41) is 2.94. The summed E-state index contributed by atoms with van der Waals surface area (Å²) in [6.07, 6.45) is 1.54. The van der Waals surface area contributed by atoms with Crippen LogP contribution < -0.4 is 5.32 Å². The summed E-state index contributed by atoms with van der Waals surface area (Å²) >= 11 is 0. The van der Waals surface area contributed by atoms with Crippen LogP contribution in [0.4, 0.5) is 5.69 Å². The molecule has 0 aliphatic carbocycles. The number of fused-ring (bicyclic) bond motifs is 1. The topological polar surface area (TPSA) is 47.9 Å². The van der Waals surface area contributed by atoms with Gasteiger partial charge in [0.25, 0.3) is 0 Å². The molecule has 2 aliphatic heterocycles. The molecule has 0 spiro atoms. The number of aliphatic imine (C=N–C) groups is 1. The average Bonchev–Trinajstić information content (AvgIpc) is 3.08. The number of aryl methyl sites for hydroxylation is 2. The fourth-order valence-electron chi connectivity index (χ4n) is 4.42. The number of nitrogens with one attached hydrogen (secondary N) is 1. The van der Waals surface area contributed by atoms with Crippen LogP contribution >= 0.6 is 0 Å². The molecule has 0 radical (unpaired) electrons. The Bertz CT molecular complexity index is 942. The molecule has 1 amide bonds. The zero-order valence-electron chi connectivity index (χ0n) is 17.7. The molecule has 2 aromatic rings. The summed E-state index contributed by atoms with van der Waals surface area (Å²) in [6, 6.07) is 12.8. The molecule has 2 aromatic carbocycles. The van der Waals surface area contributed by atoms with Gasteiger partial charge in [-0.1, -0.05) is 30.3 Å². The number of anilines is 1. The van der Waals surface area contributed by atoms with Crippen LogP contribution in [-0.2, 0) is 17.6 Å². The molecule has 1 N–H and O–H groups in total. The number of hydrogen-bond acceptors (Lipinski definition) is 3. The molecule has 4 rings (SSSR count). The van der Waals surface area contributed by atoms with Crippen molar-refractivity contribution in [1.29, 1.82) is 0 Å². The van der Waals surface area contributed by atoms with E-state index in [1.807, 2.05) is 7.05 Å². The van der Waals surface area contributed by atoms with E-state index in [0.717, 1.165) is 56.2 Å². The van der Waals surface area contributed by atoms with E-state index >= 15 is 0 Å². The van der Waals surface area contributed by atoms with Crippen LogP contribution in [0.2, 0.25) is 0 Å². The summed E-state index contributed by atoms with van der Waals surface area (Å²) in [5.41, 5.74) is 7.27. The van der Waals surface area contributed by atoms with Crippen molar-refractivity contribution in [3.63, 3.8) is 0 Å². The predicted molar refractivity (Wildman–Crippen MR) is 119 cm³/mol. The third-order valence-electron chi connectivity index (χ3n) is 6.15. The summed E-state index contributed by atoms with van der Waals surface area (Å²) < 4.78 is 0. The van der Waals surface area contributed by atoms with Gasteiger partial charge in [0.2, 0.25) is 5.91 Å². The highest BCUT2D eigenvalue weighted by Crippen LogP contribution is 2.27. The molecule has 1 fully saturated rings. The number of hydrogen-bond donors (Lipinski definition) is 1. The number of amidine groups is 1. The van der Waals surface area contributed by atoms with E-state index < -0.39 is 0 Å². The van der Waals surface area contributed by atoms with E-state index in [2.05, 4.69) is 70.4 Å². The lowest BCUT2D eigenvalue weighted by Crippen LogP contribution is -2.49. The zero-order valence-corrected chi connectivity index (χ0v) is 17.7. The number of carbonyl (C=O) groups is 1. The minimum atomic E-state index is 0.106. The Kier molecular flexibility index (Phi) is 5.67. The van der Waals surface area contributed by atoms with Crippen LogP contribution in [0, 0.1) is 13.8 Å². The molecule has 29 heavy (non-hydrogen) atoms. The first-order valence-electron chi connectivity index (χ1n) is 10.5. The van der Waals surface area contributed by atoms with Crippen molar-refractivity contribution >= 4 is 17.4 Å². The number of rotatable bonds is 4. The highest BCUT2D eigenvalue weighted by atomic mass is 16.1. The van der Waals surface area contributed by atoms with Gasteiger partial charge in [0.1, 0.15) is 5.84 Å². The lowest BCUT2D eigenvalue weighted by Gasteiger charge is -2.37. The van der Waals surface area contributed by atoms with Crippen molar-refractivity contribution in [3.8, 4) is 0 Å². The van der Waals surface area contributed by atoms with E-state index in [1.54, 1.807) is 0 Å². The molecule has 5 nitrogen and oxygen atoms in total.